The summed E-state index contributed by atoms with van der Waals surface area (Å²) in [5, 5.41) is 3.52. The summed E-state index contributed by atoms with van der Waals surface area (Å²) in [6.07, 6.45) is 0.0556. The van der Waals surface area contributed by atoms with Crippen molar-refractivity contribution in [2.24, 2.45) is 0 Å². The van der Waals surface area contributed by atoms with Crippen LogP contribution in [-0.4, -0.2) is 24.5 Å². The number of carbonyl (C=O) groups is 2. The average molecular weight is 395 g/mol. The number of rotatable bonds is 6. The second-order valence-electron chi connectivity index (χ2n) is 5.97. The standard InChI is InChI=1S/C19H20Cl2N2O3/c1-12(2)26-18-6-4-17(5-7-18)23(13(3)24)11-19(25)22-16-9-14(20)8-15(21)10-16/h4-10,12H,11H2,1-3H3,(H,22,25). The average Bonchev–Trinajstić information content (AvgIpc) is 2.51. The molecule has 0 saturated heterocycles. The van der Waals surface area contributed by atoms with Crippen LogP contribution in [0, 0.1) is 0 Å². The van der Waals surface area contributed by atoms with E-state index < -0.39 is 0 Å². The summed E-state index contributed by atoms with van der Waals surface area (Å²) in [6.45, 7) is 5.14. The Bertz CT molecular complexity index is 772. The first-order chi connectivity index (χ1) is 12.2. The Morgan fingerprint density at radius 1 is 1.08 bits per heavy atom. The van der Waals surface area contributed by atoms with Crippen LogP contribution in [-0.2, 0) is 9.59 Å². The van der Waals surface area contributed by atoms with Crippen molar-refractivity contribution in [1.82, 2.24) is 0 Å². The SMILES string of the molecule is CC(=O)N(CC(=O)Nc1cc(Cl)cc(Cl)c1)c1ccc(OC(C)C)cc1. The van der Waals surface area contributed by atoms with Gasteiger partial charge in [-0.3, -0.25) is 9.59 Å². The topological polar surface area (TPSA) is 58.6 Å². The van der Waals surface area contributed by atoms with E-state index in [0.717, 1.165) is 0 Å². The van der Waals surface area contributed by atoms with Crippen LogP contribution < -0.4 is 15.0 Å². The van der Waals surface area contributed by atoms with Gasteiger partial charge in [0.05, 0.1) is 6.10 Å². The molecule has 1 N–H and O–H groups in total. The van der Waals surface area contributed by atoms with E-state index in [9.17, 15) is 9.59 Å². The van der Waals surface area contributed by atoms with Gasteiger partial charge < -0.3 is 15.0 Å². The Morgan fingerprint density at radius 3 is 2.15 bits per heavy atom. The Morgan fingerprint density at radius 2 is 1.65 bits per heavy atom. The molecular formula is C19H20Cl2N2O3. The molecule has 0 fully saturated rings. The van der Waals surface area contributed by atoms with Crippen molar-refractivity contribution < 1.29 is 14.3 Å². The summed E-state index contributed by atoms with van der Waals surface area (Å²) in [5.74, 6) is 0.0908. The smallest absolute Gasteiger partial charge is 0.244 e. The molecule has 2 rings (SSSR count). The van der Waals surface area contributed by atoms with Gasteiger partial charge in [-0.15, -0.1) is 0 Å². The van der Waals surface area contributed by atoms with E-state index in [1.807, 2.05) is 13.8 Å². The van der Waals surface area contributed by atoms with Crippen molar-refractivity contribution in [2.45, 2.75) is 26.9 Å². The van der Waals surface area contributed by atoms with E-state index in [2.05, 4.69) is 5.32 Å². The molecule has 0 aliphatic heterocycles. The first-order valence-corrected chi connectivity index (χ1v) is 8.81. The van der Waals surface area contributed by atoms with Crippen LogP contribution in [0.1, 0.15) is 20.8 Å². The summed E-state index contributed by atoms with van der Waals surface area (Å²) in [5.41, 5.74) is 1.07. The maximum absolute atomic E-state index is 12.3. The summed E-state index contributed by atoms with van der Waals surface area (Å²) in [7, 11) is 0. The minimum atomic E-state index is -0.360. The predicted molar refractivity (Wildman–Crippen MR) is 105 cm³/mol. The van der Waals surface area contributed by atoms with Gasteiger partial charge in [-0.1, -0.05) is 23.2 Å². The number of carbonyl (C=O) groups excluding carboxylic acids is 2. The third kappa shape index (κ3) is 5.93. The molecule has 0 bridgehead atoms. The fourth-order valence-electron chi connectivity index (χ4n) is 2.33. The van der Waals surface area contributed by atoms with E-state index in [1.165, 1.54) is 11.8 Å². The van der Waals surface area contributed by atoms with Gasteiger partial charge in [-0.05, 0) is 56.3 Å². The maximum atomic E-state index is 12.3. The highest BCUT2D eigenvalue weighted by atomic mass is 35.5. The lowest BCUT2D eigenvalue weighted by Gasteiger charge is -2.21. The molecule has 0 atom stereocenters. The molecule has 0 aliphatic carbocycles. The lowest BCUT2D eigenvalue weighted by atomic mass is 10.2. The number of anilines is 2. The highest BCUT2D eigenvalue weighted by Crippen LogP contribution is 2.23. The first-order valence-electron chi connectivity index (χ1n) is 8.05. The van der Waals surface area contributed by atoms with Gasteiger partial charge in [0.15, 0.2) is 0 Å². The zero-order valence-corrected chi connectivity index (χ0v) is 16.3. The van der Waals surface area contributed by atoms with Gasteiger partial charge in [0.25, 0.3) is 0 Å². The van der Waals surface area contributed by atoms with Gasteiger partial charge in [0.2, 0.25) is 11.8 Å². The third-order valence-electron chi connectivity index (χ3n) is 3.35. The fraction of sp³-hybridized carbons (Fsp3) is 0.263. The Balaban J connectivity index is 2.09. The number of benzene rings is 2. The van der Waals surface area contributed by atoms with Crippen molar-refractivity contribution in [3.05, 3.63) is 52.5 Å². The summed E-state index contributed by atoms with van der Waals surface area (Å²) in [4.78, 5) is 25.7. The molecule has 0 unspecified atom stereocenters. The Kier molecular flexibility index (Phi) is 6.89. The lowest BCUT2D eigenvalue weighted by molar-refractivity contribution is -0.120. The molecule has 2 amide bonds. The quantitative estimate of drug-likeness (QED) is 0.767. The minimum Gasteiger partial charge on any atom is -0.491 e. The molecule has 5 nitrogen and oxygen atoms in total. The molecule has 2 aromatic carbocycles. The molecule has 7 heteroatoms. The van der Waals surface area contributed by atoms with Crippen molar-refractivity contribution in [3.63, 3.8) is 0 Å². The van der Waals surface area contributed by atoms with Crippen molar-refractivity contribution in [2.75, 3.05) is 16.8 Å². The number of ether oxygens (including phenoxy) is 1. The largest absolute Gasteiger partial charge is 0.491 e. The molecule has 138 valence electrons. The van der Waals surface area contributed by atoms with Crippen LogP contribution in [0.3, 0.4) is 0 Å². The van der Waals surface area contributed by atoms with Gasteiger partial charge in [0.1, 0.15) is 12.3 Å². The van der Waals surface area contributed by atoms with Crippen LogP contribution in [0.4, 0.5) is 11.4 Å². The number of hydrogen-bond donors (Lipinski definition) is 1. The van der Waals surface area contributed by atoms with Crippen LogP contribution in [0.15, 0.2) is 42.5 Å². The molecule has 0 radical (unpaired) electrons. The molecule has 0 spiro atoms. The van der Waals surface area contributed by atoms with E-state index in [4.69, 9.17) is 27.9 Å². The number of hydrogen-bond acceptors (Lipinski definition) is 3. The van der Waals surface area contributed by atoms with Crippen molar-refractivity contribution >= 4 is 46.4 Å². The molecule has 0 heterocycles. The zero-order valence-electron chi connectivity index (χ0n) is 14.8. The van der Waals surface area contributed by atoms with Gasteiger partial charge >= 0.3 is 0 Å². The van der Waals surface area contributed by atoms with E-state index in [-0.39, 0.29) is 24.5 Å². The summed E-state index contributed by atoms with van der Waals surface area (Å²) >= 11 is 11.8. The van der Waals surface area contributed by atoms with Crippen LogP contribution in [0.2, 0.25) is 10.0 Å². The van der Waals surface area contributed by atoms with Gasteiger partial charge in [-0.2, -0.15) is 0 Å². The molecule has 0 aliphatic rings. The molecule has 26 heavy (non-hydrogen) atoms. The second kappa shape index (κ2) is 8.92. The molecule has 0 saturated carbocycles. The highest BCUT2D eigenvalue weighted by Gasteiger charge is 2.16. The normalized spacial score (nSPS) is 10.5. The third-order valence-corrected chi connectivity index (χ3v) is 3.78. The minimum absolute atomic E-state index is 0.0556. The van der Waals surface area contributed by atoms with Crippen LogP contribution in [0.25, 0.3) is 0 Å². The van der Waals surface area contributed by atoms with Crippen molar-refractivity contribution in [1.29, 1.82) is 0 Å². The number of amides is 2. The van der Waals surface area contributed by atoms with Crippen LogP contribution in [0.5, 0.6) is 5.75 Å². The molecule has 2 aromatic rings. The van der Waals surface area contributed by atoms with Crippen LogP contribution >= 0.6 is 23.2 Å². The summed E-state index contributed by atoms with van der Waals surface area (Å²) in [6, 6.07) is 11.7. The Hall–Kier alpha value is -2.24. The van der Waals surface area contributed by atoms with E-state index in [1.54, 1.807) is 42.5 Å². The first kappa shape index (κ1) is 20.1. The van der Waals surface area contributed by atoms with Crippen molar-refractivity contribution in [3.8, 4) is 5.75 Å². The fourth-order valence-corrected chi connectivity index (χ4v) is 2.86. The monoisotopic (exact) mass is 394 g/mol. The zero-order chi connectivity index (χ0) is 19.3. The van der Waals surface area contributed by atoms with Gasteiger partial charge in [0, 0.05) is 28.3 Å². The van der Waals surface area contributed by atoms with E-state index >= 15 is 0 Å². The second-order valence-corrected chi connectivity index (χ2v) is 6.84. The van der Waals surface area contributed by atoms with Gasteiger partial charge in [-0.25, -0.2) is 0 Å². The predicted octanol–water partition coefficient (Wildman–Crippen LogP) is 4.77. The Labute approximate surface area is 162 Å². The molecular weight excluding hydrogens is 375 g/mol. The molecule has 0 aromatic heterocycles. The number of nitrogens with zero attached hydrogens (tertiary/aromatic N) is 1. The number of nitrogens with one attached hydrogen (secondary N) is 1. The van der Waals surface area contributed by atoms with E-state index in [0.29, 0.717) is 27.2 Å². The number of halogens is 2. The maximum Gasteiger partial charge on any atom is 0.244 e. The summed E-state index contributed by atoms with van der Waals surface area (Å²) < 4.78 is 5.58. The lowest BCUT2D eigenvalue weighted by Crippen LogP contribution is -2.36. The highest BCUT2D eigenvalue weighted by molar-refractivity contribution is 6.35.